The maximum atomic E-state index is 12.5. The summed E-state index contributed by atoms with van der Waals surface area (Å²) in [6, 6.07) is 0.340. The normalized spacial score (nSPS) is 24.7. The summed E-state index contributed by atoms with van der Waals surface area (Å²) in [6.45, 7) is 10.0. The molecule has 0 aliphatic carbocycles. The molecule has 2 saturated heterocycles. The lowest BCUT2D eigenvalue weighted by molar-refractivity contribution is -0.0839. The van der Waals surface area contributed by atoms with Crippen molar-refractivity contribution < 1.29 is 9.53 Å². The van der Waals surface area contributed by atoms with Gasteiger partial charge in [0.15, 0.2) is 5.69 Å². The fourth-order valence-corrected chi connectivity index (χ4v) is 3.95. The van der Waals surface area contributed by atoms with Crippen LogP contribution in [0.15, 0.2) is 6.20 Å². The Hall–Kier alpha value is -1.18. The number of nitrogens with zero attached hydrogens (tertiary/aromatic N) is 3. The third kappa shape index (κ3) is 5.18. The zero-order chi connectivity index (χ0) is 17.9. The molecule has 2 fully saturated rings. The Labute approximate surface area is 162 Å². The van der Waals surface area contributed by atoms with E-state index in [9.17, 15) is 4.79 Å². The molecule has 0 saturated carbocycles. The molecule has 3 rings (SSSR count). The van der Waals surface area contributed by atoms with Crippen LogP contribution in [-0.4, -0.2) is 53.2 Å². The molecule has 7 nitrogen and oxygen atoms in total. The Morgan fingerprint density at radius 3 is 2.77 bits per heavy atom. The average molecular weight is 386 g/mol. The predicted octanol–water partition coefficient (Wildman–Crippen LogP) is 2.20. The van der Waals surface area contributed by atoms with Crippen LogP contribution < -0.4 is 10.6 Å². The highest BCUT2D eigenvalue weighted by Crippen LogP contribution is 2.33. The summed E-state index contributed by atoms with van der Waals surface area (Å²) in [5.41, 5.74) is 0.483. The van der Waals surface area contributed by atoms with Crippen LogP contribution in [-0.2, 0) is 4.74 Å². The summed E-state index contributed by atoms with van der Waals surface area (Å²) < 4.78 is 7.83. The van der Waals surface area contributed by atoms with Gasteiger partial charge in [-0.3, -0.25) is 4.79 Å². The average Bonchev–Trinajstić information content (AvgIpc) is 3.10. The van der Waals surface area contributed by atoms with Gasteiger partial charge in [-0.2, -0.15) is 0 Å². The van der Waals surface area contributed by atoms with Crippen LogP contribution in [0.25, 0.3) is 0 Å². The van der Waals surface area contributed by atoms with Crippen molar-refractivity contribution in [1.29, 1.82) is 0 Å². The molecule has 2 N–H and O–H groups in total. The summed E-state index contributed by atoms with van der Waals surface area (Å²) >= 11 is 0. The molecule has 2 atom stereocenters. The Morgan fingerprint density at radius 2 is 2.08 bits per heavy atom. The predicted molar refractivity (Wildman–Crippen MR) is 103 cm³/mol. The van der Waals surface area contributed by atoms with E-state index in [-0.39, 0.29) is 29.8 Å². The summed E-state index contributed by atoms with van der Waals surface area (Å²) in [5.74, 6) is 0.204. The van der Waals surface area contributed by atoms with Crippen molar-refractivity contribution in [3.05, 3.63) is 11.9 Å². The van der Waals surface area contributed by atoms with Gasteiger partial charge >= 0.3 is 0 Å². The molecule has 8 heteroatoms. The van der Waals surface area contributed by atoms with Crippen molar-refractivity contribution in [2.45, 2.75) is 58.6 Å². The zero-order valence-corrected chi connectivity index (χ0v) is 16.8. The second-order valence-corrected chi connectivity index (χ2v) is 8.33. The van der Waals surface area contributed by atoms with Crippen LogP contribution in [0.3, 0.4) is 0 Å². The molecule has 2 unspecified atom stereocenters. The van der Waals surface area contributed by atoms with Gasteiger partial charge in [0.1, 0.15) is 0 Å². The van der Waals surface area contributed by atoms with Crippen LogP contribution in [0.4, 0.5) is 0 Å². The number of hydrogen-bond donors (Lipinski definition) is 2. The lowest BCUT2D eigenvalue weighted by atomic mass is 9.78. The smallest absolute Gasteiger partial charge is 0.273 e. The highest BCUT2D eigenvalue weighted by atomic mass is 35.5. The van der Waals surface area contributed by atoms with E-state index in [1.807, 2.05) is 4.68 Å². The molecule has 0 radical (unpaired) electrons. The van der Waals surface area contributed by atoms with Gasteiger partial charge in [-0.05, 0) is 44.2 Å². The minimum absolute atomic E-state index is 0. The van der Waals surface area contributed by atoms with E-state index >= 15 is 0 Å². The minimum atomic E-state index is -0.140. The van der Waals surface area contributed by atoms with Gasteiger partial charge in [-0.15, -0.1) is 17.5 Å². The van der Waals surface area contributed by atoms with E-state index in [1.165, 1.54) is 0 Å². The molecule has 0 bridgehead atoms. The number of aromatic nitrogens is 3. The van der Waals surface area contributed by atoms with Gasteiger partial charge < -0.3 is 15.4 Å². The highest BCUT2D eigenvalue weighted by molar-refractivity contribution is 5.91. The molecule has 1 amide bonds. The van der Waals surface area contributed by atoms with Gasteiger partial charge in [0.2, 0.25) is 0 Å². The highest BCUT2D eigenvalue weighted by Gasteiger charge is 2.35. The molecule has 148 valence electrons. The number of carbonyl (C=O) groups excluding carboxylic acids is 1. The van der Waals surface area contributed by atoms with Crippen molar-refractivity contribution in [2.75, 3.05) is 26.2 Å². The molecular weight excluding hydrogens is 354 g/mol. The number of nitrogens with one attached hydrogen (secondary N) is 2. The third-order valence-electron chi connectivity index (χ3n) is 5.25. The van der Waals surface area contributed by atoms with E-state index in [1.54, 1.807) is 6.20 Å². The van der Waals surface area contributed by atoms with Crippen molar-refractivity contribution >= 4 is 18.3 Å². The first-order valence-electron chi connectivity index (χ1n) is 9.47. The lowest BCUT2D eigenvalue weighted by Gasteiger charge is -2.40. The van der Waals surface area contributed by atoms with Crippen molar-refractivity contribution in [3.8, 4) is 0 Å². The summed E-state index contributed by atoms with van der Waals surface area (Å²) in [5, 5.41) is 14.6. The first-order chi connectivity index (χ1) is 11.9. The molecule has 1 aromatic heterocycles. The topological polar surface area (TPSA) is 81.1 Å². The van der Waals surface area contributed by atoms with Crippen molar-refractivity contribution in [1.82, 2.24) is 25.6 Å². The standard InChI is InChI=1S/C18H31N5O2.ClH/c1-18(2,3)16-13(5-4-10-25-16)11-20-17(24)15-12-23(22-21-15)14-6-8-19-9-7-14;/h12-14,16,19H,4-11H2,1-3H3,(H,20,24);1H. The first kappa shape index (κ1) is 21.1. The SMILES string of the molecule is CC(C)(C)C1OCCCC1CNC(=O)c1cn(C2CCNCC2)nn1.Cl. The second-order valence-electron chi connectivity index (χ2n) is 8.33. The number of piperidine rings is 1. The molecule has 2 aliphatic heterocycles. The molecule has 2 aliphatic rings. The molecule has 26 heavy (non-hydrogen) atoms. The number of halogens is 1. The maximum absolute atomic E-state index is 12.5. The fourth-order valence-electron chi connectivity index (χ4n) is 3.95. The number of rotatable bonds is 4. The zero-order valence-electron chi connectivity index (χ0n) is 16.0. The van der Waals surface area contributed by atoms with Gasteiger partial charge in [0, 0.05) is 19.1 Å². The van der Waals surface area contributed by atoms with Crippen LogP contribution in [0.1, 0.15) is 63.0 Å². The molecule has 3 heterocycles. The number of amides is 1. The molecule has 1 aromatic rings. The summed E-state index contributed by atoms with van der Waals surface area (Å²) in [7, 11) is 0. The second kappa shape index (κ2) is 9.15. The largest absolute Gasteiger partial charge is 0.377 e. The molecule has 0 aromatic carbocycles. The summed E-state index contributed by atoms with van der Waals surface area (Å²) in [6.07, 6.45) is 6.15. The van der Waals surface area contributed by atoms with Gasteiger partial charge in [0.25, 0.3) is 5.91 Å². The van der Waals surface area contributed by atoms with E-state index in [0.717, 1.165) is 45.4 Å². The van der Waals surface area contributed by atoms with Crippen LogP contribution in [0, 0.1) is 11.3 Å². The quantitative estimate of drug-likeness (QED) is 0.830. The minimum Gasteiger partial charge on any atom is -0.377 e. The maximum Gasteiger partial charge on any atom is 0.273 e. The Balaban J connectivity index is 0.00000243. The van der Waals surface area contributed by atoms with E-state index in [4.69, 9.17) is 4.74 Å². The fraction of sp³-hybridized carbons (Fsp3) is 0.833. The Kier molecular flexibility index (Phi) is 7.43. The third-order valence-corrected chi connectivity index (χ3v) is 5.25. The number of hydrogen-bond acceptors (Lipinski definition) is 5. The number of ether oxygens (including phenoxy) is 1. The van der Waals surface area contributed by atoms with E-state index < -0.39 is 0 Å². The summed E-state index contributed by atoms with van der Waals surface area (Å²) in [4.78, 5) is 12.5. The lowest BCUT2D eigenvalue weighted by Crippen LogP contribution is -2.45. The van der Waals surface area contributed by atoms with Gasteiger partial charge in [-0.25, -0.2) is 4.68 Å². The van der Waals surface area contributed by atoms with E-state index in [2.05, 4.69) is 41.7 Å². The van der Waals surface area contributed by atoms with Crippen LogP contribution in [0.5, 0.6) is 0 Å². The van der Waals surface area contributed by atoms with Gasteiger partial charge in [-0.1, -0.05) is 26.0 Å². The Bertz CT molecular complexity index is 580. The van der Waals surface area contributed by atoms with Gasteiger partial charge in [0.05, 0.1) is 18.3 Å². The van der Waals surface area contributed by atoms with Crippen molar-refractivity contribution in [2.24, 2.45) is 11.3 Å². The number of carbonyl (C=O) groups is 1. The van der Waals surface area contributed by atoms with Crippen LogP contribution in [0.2, 0.25) is 0 Å². The molecular formula is C18H32ClN5O2. The van der Waals surface area contributed by atoms with Crippen LogP contribution >= 0.6 is 12.4 Å². The van der Waals surface area contributed by atoms with Crippen molar-refractivity contribution in [3.63, 3.8) is 0 Å². The van der Waals surface area contributed by atoms with E-state index in [0.29, 0.717) is 24.2 Å². The molecule has 0 spiro atoms. The monoisotopic (exact) mass is 385 g/mol. The Morgan fingerprint density at radius 1 is 1.35 bits per heavy atom. The first-order valence-corrected chi connectivity index (χ1v) is 9.47.